The van der Waals surface area contributed by atoms with E-state index in [0.717, 1.165) is 51.7 Å². The van der Waals surface area contributed by atoms with Crippen LogP contribution in [0.15, 0.2) is 28.8 Å². The summed E-state index contributed by atoms with van der Waals surface area (Å²) in [7, 11) is 0. The van der Waals surface area contributed by atoms with Crippen molar-refractivity contribution >= 4 is 11.7 Å². The molecule has 0 unspecified atom stereocenters. The molecule has 1 aromatic carbocycles. The van der Waals surface area contributed by atoms with Gasteiger partial charge in [-0.25, -0.2) is 4.79 Å². The minimum atomic E-state index is -0.107. The van der Waals surface area contributed by atoms with Gasteiger partial charge in [0.25, 0.3) is 0 Å². The molecule has 150 valence electrons. The molecule has 2 aliphatic heterocycles. The molecule has 0 radical (unpaired) electrons. The van der Waals surface area contributed by atoms with Gasteiger partial charge in [0.1, 0.15) is 6.04 Å². The van der Waals surface area contributed by atoms with Gasteiger partial charge in [0.2, 0.25) is 5.89 Å². The SMILES string of the molecule is Cc1noc([C@H]2CCCCN2C(=O)NCCCN2CCCc3ccccc32)n1. The lowest BCUT2D eigenvalue weighted by Crippen LogP contribution is -2.45. The monoisotopic (exact) mass is 383 g/mol. The van der Waals surface area contributed by atoms with Gasteiger partial charge in [-0.15, -0.1) is 0 Å². The summed E-state index contributed by atoms with van der Waals surface area (Å²) in [6.45, 7) is 5.26. The van der Waals surface area contributed by atoms with E-state index in [1.807, 2.05) is 4.90 Å². The van der Waals surface area contributed by atoms with Crippen LogP contribution in [0.2, 0.25) is 0 Å². The average molecular weight is 383 g/mol. The molecule has 1 aromatic heterocycles. The molecule has 1 fully saturated rings. The van der Waals surface area contributed by atoms with E-state index >= 15 is 0 Å². The molecule has 1 N–H and O–H groups in total. The number of para-hydroxylation sites is 1. The third-order valence-electron chi connectivity index (χ3n) is 5.68. The zero-order valence-electron chi connectivity index (χ0n) is 16.6. The summed E-state index contributed by atoms with van der Waals surface area (Å²) in [5.74, 6) is 1.17. The molecule has 0 bridgehead atoms. The van der Waals surface area contributed by atoms with Crippen LogP contribution in [0.25, 0.3) is 0 Å². The molecule has 28 heavy (non-hydrogen) atoms. The molecule has 7 nitrogen and oxygen atoms in total. The van der Waals surface area contributed by atoms with Crippen LogP contribution in [0.1, 0.15) is 55.4 Å². The van der Waals surface area contributed by atoms with Crippen molar-refractivity contribution in [3.8, 4) is 0 Å². The molecule has 1 atom stereocenters. The number of aryl methyl sites for hydroxylation is 2. The highest BCUT2D eigenvalue weighted by Crippen LogP contribution is 2.30. The number of fused-ring (bicyclic) bond motifs is 1. The number of hydrogen-bond acceptors (Lipinski definition) is 5. The molecule has 7 heteroatoms. The summed E-state index contributed by atoms with van der Waals surface area (Å²) < 4.78 is 5.33. The van der Waals surface area contributed by atoms with Gasteiger partial charge in [0.05, 0.1) is 0 Å². The van der Waals surface area contributed by atoms with Crippen LogP contribution < -0.4 is 10.2 Å². The number of likely N-dealkylation sites (tertiary alicyclic amines) is 1. The minimum absolute atomic E-state index is 0.0282. The van der Waals surface area contributed by atoms with Crippen molar-refractivity contribution in [2.24, 2.45) is 0 Å². The molecular weight excluding hydrogens is 354 g/mol. The molecule has 1 saturated heterocycles. The van der Waals surface area contributed by atoms with E-state index in [0.29, 0.717) is 18.3 Å². The van der Waals surface area contributed by atoms with Crippen molar-refractivity contribution in [2.75, 3.05) is 31.1 Å². The predicted octanol–water partition coefficient (Wildman–Crippen LogP) is 3.46. The number of nitrogens with one attached hydrogen (secondary N) is 1. The van der Waals surface area contributed by atoms with Gasteiger partial charge < -0.3 is 19.6 Å². The molecule has 0 aliphatic carbocycles. The lowest BCUT2D eigenvalue weighted by atomic mass is 10.0. The second kappa shape index (κ2) is 8.63. The van der Waals surface area contributed by atoms with Gasteiger partial charge in [0, 0.05) is 31.9 Å². The lowest BCUT2D eigenvalue weighted by molar-refractivity contribution is 0.132. The van der Waals surface area contributed by atoms with Crippen molar-refractivity contribution < 1.29 is 9.32 Å². The maximum atomic E-state index is 12.7. The Morgan fingerprint density at radius 2 is 2.14 bits per heavy atom. The number of hydrogen-bond donors (Lipinski definition) is 1. The van der Waals surface area contributed by atoms with Gasteiger partial charge in [-0.2, -0.15) is 4.98 Å². The van der Waals surface area contributed by atoms with Crippen molar-refractivity contribution in [1.29, 1.82) is 0 Å². The molecule has 0 spiro atoms. The van der Waals surface area contributed by atoms with Crippen LogP contribution >= 0.6 is 0 Å². The zero-order valence-corrected chi connectivity index (χ0v) is 16.6. The van der Waals surface area contributed by atoms with Gasteiger partial charge in [0.15, 0.2) is 5.82 Å². The number of piperidine rings is 1. The Labute approximate surface area is 166 Å². The third kappa shape index (κ3) is 4.13. The lowest BCUT2D eigenvalue weighted by Gasteiger charge is -2.34. The van der Waals surface area contributed by atoms with Crippen LogP contribution in [0, 0.1) is 6.92 Å². The summed E-state index contributed by atoms with van der Waals surface area (Å²) in [5.41, 5.74) is 2.78. The number of amides is 2. The maximum absolute atomic E-state index is 12.7. The number of rotatable bonds is 5. The predicted molar refractivity (Wildman–Crippen MR) is 107 cm³/mol. The highest BCUT2D eigenvalue weighted by molar-refractivity contribution is 5.74. The molecule has 4 rings (SSSR count). The van der Waals surface area contributed by atoms with E-state index in [9.17, 15) is 4.79 Å². The molecule has 2 aliphatic rings. The molecular formula is C21H29N5O2. The third-order valence-corrected chi connectivity index (χ3v) is 5.68. The van der Waals surface area contributed by atoms with Crippen LogP contribution in [-0.4, -0.2) is 47.3 Å². The summed E-state index contributed by atoms with van der Waals surface area (Å²) in [6, 6.07) is 8.51. The number of urea groups is 1. The van der Waals surface area contributed by atoms with Gasteiger partial charge in [-0.3, -0.25) is 0 Å². The summed E-state index contributed by atoms with van der Waals surface area (Å²) in [4.78, 5) is 21.4. The molecule has 3 heterocycles. The first-order chi connectivity index (χ1) is 13.7. The van der Waals surface area contributed by atoms with Crippen molar-refractivity contribution in [1.82, 2.24) is 20.4 Å². The number of nitrogens with zero attached hydrogens (tertiary/aromatic N) is 4. The summed E-state index contributed by atoms with van der Waals surface area (Å²) in [6.07, 6.45) is 6.25. The van der Waals surface area contributed by atoms with E-state index in [1.54, 1.807) is 6.92 Å². The Kier molecular flexibility index (Phi) is 5.78. The first-order valence-electron chi connectivity index (χ1n) is 10.4. The van der Waals surface area contributed by atoms with E-state index in [4.69, 9.17) is 4.52 Å². The van der Waals surface area contributed by atoms with Gasteiger partial charge in [-0.05, 0) is 57.1 Å². The summed E-state index contributed by atoms with van der Waals surface area (Å²) in [5, 5.41) is 6.97. The number of carbonyl (C=O) groups is 1. The Morgan fingerprint density at radius 1 is 1.25 bits per heavy atom. The van der Waals surface area contributed by atoms with E-state index in [1.165, 1.54) is 17.7 Å². The van der Waals surface area contributed by atoms with E-state index in [2.05, 4.69) is 44.6 Å². The Hall–Kier alpha value is -2.57. The molecule has 0 saturated carbocycles. The second-order valence-corrected chi connectivity index (χ2v) is 7.69. The Morgan fingerprint density at radius 3 is 3.00 bits per heavy atom. The average Bonchev–Trinajstić information content (AvgIpc) is 3.17. The van der Waals surface area contributed by atoms with E-state index in [-0.39, 0.29) is 12.1 Å². The first kappa shape index (κ1) is 18.8. The highest BCUT2D eigenvalue weighted by Gasteiger charge is 2.31. The number of anilines is 1. The Balaban J connectivity index is 1.28. The summed E-state index contributed by atoms with van der Waals surface area (Å²) >= 11 is 0. The minimum Gasteiger partial charge on any atom is -0.371 e. The number of carbonyl (C=O) groups excluding carboxylic acids is 1. The fraction of sp³-hybridized carbons (Fsp3) is 0.571. The van der Waals surface area contributed by atoms with E-state index < -0.39 is 0 Å². The second-order valence-electron chi connectivity index (χ2n) is 7.69. The standard InChI is InChI=1S/C21H29N5O2/c1-16-23-20(28-24-16)19-11-4-5-15-26(19)21(27)22-12-7-14-25-13-6-9-17-8-2-3-10-18(17)25/h2-3,8,10,19H,4-7,9,11-15H2,1H3,(H,22,27)/t19-/m1/s1. The van der Waals surface area contributed by atoms with Gasteiger partial charge in [-0.1, -0.05) is 23.4 Å². The smallest absolute Gasteiger partial charge is 0.318 e. The van der Waals surface area contributed by atoms with Crippen LogP contribution in [-0.2, 0) is 6.42 Å². The maximum Gasteiger partial charge on any atom is 0.318 e. The quantitative estimate of drug-likeness (QED) is 0.801. The van der Waals surface area contributed by atoms with Crippen molar-refractivity contribution in [3.63, 3.8) is 0 Å². The number of benzene rings is 1. The molecule has 2 aromatic rings. The highest BCUT2D eigenvalue weighted by atomic mass is 16.5. The zero-order chi connectivity index (χ0) is 19.3. The Bertz CT molecular complexity index is 806. The van der Waals surface area contributed by atoms with Crippen LogP contribution in [0.4, 0.5) is 10.5 Å². The van der Waals surface area contributed by atoms with Crippen LogP contribution in [0.3, 0.4) is 0 Å². The first-order valence-corrected chi connectivity index (χ1v) is 10.4. The fourth-order valence-corrected chi connectivity index (χ4v) is 4.29. The van der Waals surface area contributed by atoms with Crippen molar-refractivity contribution in [2.45, 2.75) is 51.5 Å². The number of aromatic nitrogens is 2. The van der Waals surface area contributed by atoms with Gasteiger partial charge >= 0.3 is 6.03 Å². The normalized spacial score (nSPS) is 19.4. The fourth-order valence-electron chi connectivity index (χ4n) is 4.29. The topological polar surface area (TPSA) is 74.5 Å². The van der Waals surface area contributed by atoms with Crippen molar-refractivity contribution in [3.05, 3.63) is 41.5 Å². The molecule has 2 amide bonds. The van der Waals surface area contributed by atoms with Crippen LogP contribution in [0.5, 0.6) is 0 Å². The largest absolute Gasteiger partial charge is 0.371 e.